The zero-order valence-corrected chi connectivity index (χ0v) is 20.5. The van der Waals surface area contributed by atoms with E-state index in [1.54, 1.807) is 0 Å². The quantitative estimate of drug-likeness (QED) is 0.207. The molecule has 2 rings (SSSR count). The van der Waals surface area contributed by atoms with Gasteiger partial charge in [-0.15, -0.1) is 15.0 Å². The van der Waals surface area contributed by atoms with Crippen molar-refractivity contribution in [3.05, 3.63) is 22.2 Å². The molecule has 0 aliphatic rings. The predicted octanol–water partition coefficient (Wildman–Crippen LogP) is 2.34. The average molecular weight is 533 g/mol. The molecule has 2 aromatic rings. The minimum absolute atomic E-state index is 0.0120. The summed E-state index contributed by atoms with van der Waals surface area (Å²) < 4.78 is 5.11. The van der Waals surface area contributed by atoms with Crippen molar-refractivity contribution < 1.29 is 29.0 Å². The fraction of sp³-hybridized carbons (Fsp3) is 0.421. The number of benzene rings is 1. The number of carboxylic acids is 1. The van der Waals surface area contributed by atoms with Gasteiger partial charge in [-0.1, -0.05) is 36.5 Å². The lowest BCUT2D eigenvalue weighted by Crippen LogP contribution is -2.43. The number of hydrogen-bond donors (Lipinski definition) is 3. The number of esters is 1. The van der Waals surface area contributed by atoms with Gasteiger partial charge in [0, 0.05) is 12.6 Å². The van der Waals surface area contributed by atoms with Crippen LogP contribution in [0.2, 0.25) is 10.0 Å². The van der Waals surface area contributed by atoms with E-state index in [0.717, 1.165) is 18.2 Å². The van der Waals surface area contributed by atoms with Crippen molar-refractivity contribution in [2.45, 2.75) is 55.2 Å². The number of hydrogen-bond acceptors (Lipinski definition) is 10. The van der Waals surface area contributed by atoms with Crippen molar-refractivity contribution in [1.82, 2.24) is 20.2 Å². The van der Waals surface area contributed by atoms with Crippen molar-refractivity contribution in [1.29, 1.82) is 0 Å². The number of nitrogens with zero attached hydrogens (tertiary/aromatic N) is 4. The number of unbranched alkanes of at least 4 members (excludes halogenated alkanes) is 1. The first-order chi connectivity index (χ1) is 16.0. The van der Waals surface area contributed by atoms with Crippen LogP contribution in [-0.2, 0) is 23.9 Å². The van der Waals surface area contributed by atoms with E-state index >= 15 is 0 Å². The number of anilines is 1. The van der Waals surface area contributed by atoms with Crippen LogP contribution in [0.25, 0.3) is 0 Å². The number of halogens is 2. The van der Waals surface area contributed by atoms with Crippen LogP contribution >= 0.6 is 35.0 Å². The van der Waals surface area contributed by atoms with Crippen LogP contribution in [0, 0.1) is 0 Å². The predicted molar refractivity (Wildman–Crippen MR) is 123 cm³/mol. The second-order valence-corrected chi connectivity index (χ2v) is 8.77. The molecule has 15 heteroatoms. The number of carbonyl (C=O) groups excluding carboxylic acids is 3. The molecule has 0 saturated heterocycles. The number of carbonyl (C=O) groups is 4. The summed E-state index contributed by atoms with van der Waals surface area (Å²) in [5, 5.41) is 23.4. The molecule has 34 heavy (non-hydrogen) atoms. The Morgan fingerprint density at radius 1 is 1.26 bits per heavy atom. The van der Waals surface area contributed by atoms with Gasteiger partial charge in [-0.05, 0) is 35.5 Å². The van der Waals surface area contributed by atoms with Gasteiger partial charge in [-0.25, -0.2) is 4.79 Å². The first kappa shape index (κ1) is 27.5. The Balaban J connectivity index is 2.30. The SMILES string of the molecule is CCCCOC(=O)C(C(=O)C(N)CC(=O)O)n1nnc(Sc2c(Cl)cc(NC(C)=O)cc2Cl)n1. The molecule has 0 spiro atoms. The molecular formula is C19H22Cl2N6O6S. The van der Waals surface area contributed by atoms with E-state index in [2.05, 4.69) is 20.7 Å². The Hall–Kier alpha value is -2.74. The van der Waals surface area contributed by atoms with Crippen molar-refractivity contribution in [3.8, 4) is 0 Å². The number of Topliss-reactive ketones (excluding diaryl/α,β-unsaturated/α-hetero) is 1. The number of rotatable bonds is 12. The maximum absolute atomic E-state index is 12.8. The highest BCUT2D eigenvalue weighted by atomic mass is 35.5. The number of tetrazole rings is 1. The minimum atomic E-state index is -1.72. The highest BCUT2D eigenvalue weighted by Crippen LogP contribution is 2.39. The topological polar surface area (TPSA) is 179 Å². The first-order valence-electron chi connectivity index (χ1n) is 9.95. The Kier molecular flexibility index (Phi) is 10.2. The van der Waals surface area contributed by atoms with Gasteiger partial charge in [0.15, 0.2) is 5.78 Å². The summed E-state index contributed by atoms with van der Waals surface area (Å²) >= 11 is 13.4. The lowest BCUT2D eigenvalue weighted by atomic mass is 10.0. The molecule has 0 radical (unpaired) electrons. The molecule has 0 bridgehead atoms. The summed E-state index contributed by atoms with van der Waals surface area (Å²) in [5.74, 6) is -3.54. The molecule has 1 aromatic carbocycles. The molecule has 4 N–H and O–H groups in total. The van der Waals surface area contributed by atoms with Crippen LogP contribution in [0.15, 0.2) is 22.2 Å². The van der Waals surface area contributed by atoms with Crippen LogP contribution in [0.5, 0.6) is 0 Å². The van der Waals surface area contributed by atoms with E-state index in [9.17, 15) is 19.2 Å². The average Bonchev–Trinajstić information content (AvgIpc) is 3.18. The van der Waals surface area contributed by atoms with Crippen LogP contribution in [0.1, 0.15) is 39.2 Å². The Morgan fingerprint density at radius 2 is 1.91 bits per heavy atom. The van der Waals surface area contributed by atoms with Crippen LogP contribution in [-0.4, -0.2) is 61.6 Å². The van der Waals surface area contributed by atoms with Crippen LogP contribution in [0.3, 0.4) is 0 Å². The minimum Gasteiger partial charge on any atom is -0.481 e. The normalized spacial score (nSPS) is 12.6. The Labute approximate surface area is 208 Å². The van der Waals surface area contributed by atoms with Crippen molar-refractivity contribution in [3.63, 3.8) is 0 Å². The first-order valence-corrected chi connectivity index (χ1v) is 11.5. The number of nitrogens with two attached hydrogens (primary N) is 1. The number of nitrogens with one attached hydrogen (secondary N) is 1. The van der Waals surface area contributed by atoms with Gasteiger partial charge in [-0.2, -0.15) is 0 Å². The van der Waals surface area contributed by atoms with E-state index < -0.39 is 36.2 Å². The summed E-state index contributed by atoms with van der Waals surface area (Å²) in [6.07, 6.45) is 0.611. The third-order valence-electron chi connectivity index (χ3n) is 4.15. The van der Waals surface area contributed by atoms with Crippen LogP contribution < -0.4 is 11.1 Å². The summed E-state index contributed by atoms with van der Waals surface area (Å²) in [6, 6.07) is -0.261. The molecule has 1 amide bonds. The highest BCUT2D eigenvalue weighted by Gasteiger charge is 2.37. The molecule has 0 fully saturated rings. The molecule has 0 aliphatic heterocycles. The number of ether oxygens (including phenoxy) is 1. The second-order valence-electron chi connectivity index (χ2n) is 6.97. The smallest absolute Gasteiger partial charge is 0.340 e. The third kappa shape index (κ3) is 7.65. The molecule has 2 unspecified atom stereocenters. The number of carboxylic acid groups (broad SMARTS) is 1. The maximum atomic E-state index is 12.8. The third-order valence-corrected chi connectivity index (χ3v) is 5.96. The number of aliphatic carboxylic acids is 1. The molecule has 1 heterocycles. The zero-order valence-electron chi connectivity index (χ0n) is 18.2. The lowest BCUT2D eigenvalue weighted by Gasteiger charge is -2.16. The van der Waals surface area contributed by atoms with Gasteiger partial charge < -0.3 is 20.9 Å². The second kappa shape index (κ2) is 12.6. The lowest BCUT2D eigenvalue weighted by molar-refractivity contribution is -0.153. The van der Waals surface area contributed by atoms with Gasteiger partial charge in [0.05, 0.1) is 34.0 Å². The zero-order chi connectivity index (χ0) is 25.4. The molecule has 2 atom stereocenters. The summed E-state index contributed by atoms with van der Waals surface area (Å²) in [7, 11) is 0. The highest BCUT2D eigenvalue weighted by molar-refractivity contribution is 7.99. The number of amides is 1. The maximum Gasteiger partial charge on any atom is 0.340 e. The fourth-order valence-electron chi connectivity index (χ4n) is 2.60. The molecule has 0 saturated carbocycles. The van der Waals surface area contributed by atoms with Gasteiger partial charge in [0.2, 0.25) is 17.1 Å². The van der Waals surface area contributed by atoms with E-state index in [1.807, 2.05) is 6.92 Å². The van der Waals surface area contributed by atoms with Crippen LogP contribution in [0.4, 0.5) is 5.69 Å². The Morgan fingerprint density at radius 3 is 2.47 bits per heavy atom. The van der Waals surface area contributed by atoms with E-state index in [4.69, 9.17) is 38.8 Å². The number of ketones is 1. The molecule has 12 nitrogen and oxygen atoms in total. The molecular weight excluding hydrogens is 511 g/mol. The van der Waals surface area contributed by atoms with Crippen molar-refractivity contribution in [2.75, 3.05) is 11.9 Å². The standard InChI is InChI=1S/C19H22Cl2N6O6S/c1-3-4-5-33-18(32)15(16(31)13(22)8-14(29)30)27-25-19(24-26-27)34-17-11(20)6-10(7-12(17)21)23-9(2)28/h6-7,13,15H,3-5,8,22H2,1-2H3,(H,23,28)(H,29,30). The van der Waals surface area contributed by atoms with Gasteiger partial charge in [0.1, 0.15) is 0 Å². The monoisotopic (exact) mass is 532 g/mol. The van der Waals surface area contributed by atoms with E-state index in [0.29, 0.717) is 21.8 Å². The van der Waals surface area contributed by atoms with Gasteiger partial charge in [0.25, 0.3) is 0 Å². The molecule has 184 valence electrons. The fourth-order valence-corrected chi connectivity index (χ4v) is 4.01. The van der Waals surface area contributed by atoms with Gasteiger partial charge in [-0.3, -0.25) is 14.4 Å². The van der Waals surface area contributed by atoms with Crippen molar-refractivity contribution in [2.24, 2.45) is 5.73 Å². The van der Waals surface area contributed by atoms with E-state index in [1.165, 1.54) is 19.1 Å². The summed E-state index contributed by atoms with van der Waals surface area (Å²) in [5.41, 5.74) is 6.06. The summed E-state index contributed by atoms with van der Waals surface area (Å²) in [4.78, 5) is 48.6. The largest absolute Gasteiger partial charge is 0.481 e. The van der Waals surface area contributed by atoms with Gasteiger partial charge >= 0.3 is 11.9 Å². The molecule has 1 aromatic heterocycles. The number of aromatic nitrogens is 4. The van der Waals surface area contributed by atoms with Crippen molar-refractivity contribution >= 4 is 64.3 Å². The summed E-state index contributed by atoms with van der Waals surface area (Å²) in [6.45, 7) is 3.27. The van der Waals surface area contributed by atoms with E-state index in [-0.39, 0.29) is 27.7 Å². The molecule has 0 aliphatic carbocycles. The Bertz CT molecular complexity index is 1060.